The van der Waals surface area contributed by atoms with Gasteiger partial charge in [0.05, 0.1) is 11.6 Å². The summed E-state index contributed by atoms with van der Waals surface area (Å²) in [6, 6.07) is 17.4. The lowest BCUT2D eigenvalue weighted by molar-refractivity contribution is 0.102. The minimum absolute atomic E-state index is 0.196. The number of anilines is 3. The lowest BCUT2D eigenvalue weighted by Gasteiger charge is -2.08. The Labute approximate surface area is 149 Å². The summed E-state index contributed by atoms with van der Waals surface area (Å²) in [6.07, 6.45) is 1.30. The number of benzene rings is 2. The van der Waals surface area contributed by atoms with Gasteiger partial charge in [-0.2, -0.15) is 5.26 Å². The molecule has 0 aliphatic heterocycles. The van der Waals surface area contributed by atoms with Crippen LogP contribution in [0.25, 0.3) is 0 Å². The Bertz CT molecular complexity index is 967. The summed E-state index contributed by atoms with van der Waals surface area (Å²) in [5.41, 5.74) is 1.93. The molecule has 0 aliphatic rings. The van der Waals surface area contributed by atoms with E-state index in [9.17, 15) is 4.79 Å². The Morgan fingerprint density at radius 2 is 1.84 bits per heavy atom. The fourth-order valence-corrected chi connectivity index (χ4v) is 2.32. The molecule has 3 rings (SSSR count). The van der Waals surface area contributed by atoms with Gasteiger partial charge in [-0.1, -0.05) is 23.7 Å². The quantitative estimate of drug-likeness (QED) is 0.743. The molecule has 0 fully saturated rings. The first-order valence-corrected chi connectivity index (χ1v) is 7.68. The summed E-state index contributed by atoms with van der Waals surface area (Å²) in [6.45, 7) is 0. The summed E-state index contributed by atoms with van der Waals surface area (Å²) in [7, 11) is 0. The number of amides is 1. The molecular weight excluding hydrogens is 338 g/mol. The zero-order valence-electron chi connectivity index (χ0n) is 12.9. The number of halogens is 1. The molecule has 1 aromatic heterocycles. The van der Waals surface area contributed by atoms with Gasteiger partial charge in [-0.3, -0.25) is 4.79 Å². The van der Waals surface area contributed by atoms with Crippen LogP contribution in [-0.4, -0.2) is 15.9 Å². The topological polar surface area (TPSA) is 90.7 Å². The number of carbonyl (C=O) groups excluding carboxylic acids is 1. The second-order valence-corrected chi connectivity index (χ2v) is 5.51. The van der Waals surface area contributed by atoms with E-state index in [2.05, 4.69) is 20.6 Å². The van der Waals surface area contributed by atoms with Crippen LogP contribution in [0.1, 0.15) is 16.1 Å². The molecular formula is C18H12ClN5O. The van der Waals surface area contributed by atoms with Gasteiger partial charge in [0.2, 0.25) is 0 Å². The van der Waals surface area contributed by atoms with Gasteiger partial charge in [0, 0.05) is 22.5 Å². The Morgan fingerprint density at radius 3 is 2.64 bits per heavy atom. The van der Waals surface area contributed by atoms with Gasteiger partial charge in [0.25, 0.3) is 5.91 Å². The number of hydrogen-bond acceptors (Lipinski definition) is 5. The standard InChI is InChI=1S/C18H12ClN5O/c19-13-4-2-6-15(8-13)23-17-9-16(21-11-22-17)18(25)24-14-5-1-3-12(7-14)10-20/h1-9,11H,(H,24,25)(H,21,22,23). The van der Waals surface area contributed by atoms with Crippen molar-refractivity contribution < 1.29 is 4.79 Å². The lowest BCUT2D eigenvalue weighted by atomic mass is 10.2. The third-order valence-corrected chi connectivity index (χ3v) is 3.48. The average molecular weight is 350 g/mol. The minimum Gasteiger partial charge on any atom is -0.340 e. The van der Waals surface area contributed by atoms with Crippen LogP contribution in [0.3, 0.4) is 0 Å². The highest BCUT2D eigenvalue weighted by Crippen LogP contribution is 2.19. The molecule has 1 amide bonds. The zero-order chi connectivity index (χ0) is 17.6. The normalized spacial score (nSPS) is 9.92. The highest BCUT2D eigenvalue weighted by atomic mass is 35.5. The van der Waals surface area contributed by atoms with Crippen LogP contribution in [0.5, 0.6) is 0 Å². The first-order chi connectivity index (χ1) is 12.1. The van der Waals surface area contributed by atoms with E-state index >= 15 is 0 Å². The molecule has 3 aromatic rings. The Kier molecular flexibility index (Phi) is 4.88. The molecule has 0 bridgehead atoms. The third kappa shape index (κ3) is 4.31. The fraction of sp³-hybridized carbons (Fsp3) is 0. The molecule has 25 heavy (non-hydrogen) atoms. The molecule has 0 saturated heterocycles. The van der Waals surface area contributed by atoms with Crippen LogP contribution in [0, 0.1) is 11.3 Å². The van der Waals surface area contributed by atoms with Crippen molar-refractivity contribution in [2.75, 3.05) is 10.6 Å². The second kappa shape index (κ2) is 7.43. The van der Waals surface area contributed by atoms with Crippen LogP contribution in [0.4, 0.5) is 17.2 Å². The average Bonchev–Trinajstić information content (AvgIpc) is 2.62. The van der Waals surface area contributed by atoms with Gasteiger partial charge in [0.1, 0.15) is 17.8 Å². The number of nitriles is 1. The number of rotatable bonds is 4. The van der Waals surface area contributed by atoms with E-state index in [0.717, 1.165) is 5.69 Å². The smallest absolute Gasteiger partial charge is 0.274 e. The van der Waals surface area contributed by atoms with E-state index in [0.29, 0.717) is 22.1 Å². The lowest BCUT2D eigenvalue weighted by Crippen LogP contribution is -2.14. The highest BCUT2D eigenvalue weighted by Gasteiger charge is 2.10. The number of nitrogens with zero attached hydrogens (tertiary/aromatic N) is 3. The van der Waals surface area contributed by atoms with Crippen molar-refractivity contribution in [2.24, 2.45) is 0 Å². The predicted octanol–water partition coefficient (Wildman–Crippen LogP) is 4.00. The molecule has 2 aromatic carbocycles. The predicted molar refractivity (Wildman–Crippen MR) is 95.9 cm³/mol. The van der Waals surface area contributed by atoms with E-state index in [4.69, 9.17) is 16.9 Å². The largest absolute Gasteiger partial charge is 0.340 e. The van der Waals surface area contributed by atoms with Crippen molar-refractivity contribution in [3.63, 3.8) is 0 Å². The van der Waals surface area contributed by atoms with Gasteiger partial charge >= 0.3 is 0 Å². The molecule has 0 radical (unpaired) electrons. The molecule has 2 N–H and O–H groups in total. The Balaban J connectivity index is 1.76. The molecule has 6 nitrogen and oxygen atoms in total. The second-order valence-electron chi connectivity index (χ2n) is 5.07. The monoisotopic (exact) mass is 349 g/mol. The van der Waals surface area contributed by atoms with Gasteiger partial charge in [-0.15, -0.1) is 0 Å². The van der Waals surface area contributed by atoms with Gasteiger partial charge in [-0.05, 0) is 36.4 Å². The first kappa shape index (κ1) is 16.4. The van der Waals surface area contributed by atoms with Crippen molar-refractivity contribution >= 4 is 34.7 Å². The van der Waals surface area contributed by atoms with Crippen LogP contribution in [0.15, 0.2) is 60.9 Å². The van der Waals surface area contributed by atoms with E-state index in [1.54, 1.807) is 36.4 Å². The van der Waals surface area contributed by atoms with Crippen LogP contribution >= 0.6 is 11.6 Å². The van der Waals surface area contributed by atoms with Crippen LogP contribution in [-0.2, 0) is 0 Å². The Morgan fingerprint density at radius 1 is 1.04 bits per heavy atom. The molecule has 0 aliphatic carbocycles. The molecule has 0 spiro atoms. The van der Waals surface area contributed by atoms with Crippen molar-refractivity contribution in [1.29, 1.82) is 5.26 Å². The fourth-order valence-electron chi connectivity index (χ4n) is 2.13. The minimum atomic E-state index is -0.397. The molecule has 122 valence electrons. The van der Waals surface area contributed by atoms with Crippen molar-refractivity contribution in [3.05, 3.63) is 77.2 Å². The van der Waals surface area contributed by atoms with E-state index in [1.165, 1.54) is 12.4 Å². The molecule has 0 saturated carbocycles. The van der Waals surface area contributed by atoms with Gasteiger partial charge in [-0.25, -0.2) is 9.97 Å². The van der Waals surface area contributed by atoms with Crippen molar-refractivity contribution in [3.8, 4) is 6.07 Å². The molecule has 0 unspecified atom stereocenters. The summed E-state index contributed by atoms with van der Waals surface area (Å²) in [4.78, 5) is 20.4. The summed E-state index contributed by atoms with van der Waals surface area (Å²) in [5.74, 6) is 0.0693. The maximum absolute atomic E-state index is 12.3. The third-order valence-electron chi connectivity index (χ3n) is 3.25. The zero-order valence-corrected chi connectivity index (χ0v) is 13.7. The van der Waals surface area contributed by atoms with Crippen LogP contribution in [0.2, 0.25) is 5.02 Å². The molecule has 1 heterocycles. The van der Waals surface area contributed by atoms with E-state index < -0.39 is 5.91 Å². The van der Waals surface area contributed by atoms with Crippen molar-refractivity contribution in [2.45, 2.75) is 0 Å². The molecule has 7 heteroatoms. The van der Waals surface area contributed by atoms with Crippen molar-refractivity contribution in [1.82, 2.24) is 9.97 Å². The van der Waals surface area contributed by atoms with E-state index in [1.807, 2.05) is 18.2 Å². The summed E-state index contributed by atoms with van der Waals surface area (Å²) < 4.78 is 0. The number of carbonyl (C=O) groups is 1. The Hall–Kier alpha value is -3.43. The summed E-state index contributed by atoms with van der Waals surface area (Å²) in [5, 5.41) is 15.3. The SMILES string of the molecule is N#Cc1cccc(NC(=O)c2cc(Nc3cccc(Cl)c3)ncn2)c1. The van der Waals surface area contributed by atoms with Gasteiger partial charge < -0.3 is 10.6 Å². The maximum Gasteiger partial charge on any atom is 0.274 e. The van der Waals surface area contributed by atoms with E-state index in [-0.39, 0.29) is 5.69 Å². The van der Waals surface area contributed by atoms with Crippen LogP contribution < -0.4 is 10.6 Å². The highest BCUT2D eigenvalue weighted by molar-refractivity contribution is 6.30. The number of hydrogen-bond donors (Lipinski definition) is 2. The van der Waals surface area contributed by atoms with Gasteiger partial charge in [0.15, 0.2) is 0 Å². The molecule has 0 atom stereocenters. The summed E-state index contributed by atoms with van der Waals surface area (Å²) >= 11 is 5.95. The number of aromatic nitrogens is 2. The maximum atomic E-state index is 12.3. The number of nitrogens with one attached hydrogen (secondary N) is 2. The first-order valence-electron chi connectivity index (χ1n) is 7.30.